The molecule has 10 heteroatoms. The van der Waals surface area contributed by atoms with Crippen LogP contribution >= 0.6 is 0 Å². The molecule has 4 aromatic rings. The van der Waals surface area contributed by atoms with Gasteiger partial charge < -0.3 is 15.6 Å². The number of halogens is 2. The Bertz CT molecular complexity index is 1430. The zero-order chi connectivity index (χ0) is 27.0. The Hall–Kier alpha value is -3.50. The number of aryl methyl sites for hydroxylation is 1. The number of imidazole rings is 1. The number of aromatic nitrogens is 5. The van der Waals surface area contributed by atoms with Crippen LogP contribution in [0.3, 0.4) is 0 Å². The van der Waals surface area contributed by atoms with E-state index in [1.807, 2.05) is 43.7 Å². The maximum atomic E-state index is 15.0. The van der Waals surface area contributed by atoms with Crippen molar-refractivity contribution in [2.45, 2.75) is 65.1 Å². The molecule has 3 N–H and O–H groups in total. The van der Waals surface area contributed by atoms with Crippen molar-refractivity contribution in [3.63, 3.8) is 0 Å². The van der Waals surface area contributed by atoms with Crippen LogP contribution in [0.4, 0.5) is 20.5 Å². The summed E-state index contributed by atoms with van der Waals surface area (Å²) in [5, 5.41) is 3.05. The highest BCUT2D eigenvalue weighted by molar-refractivity contribution is 5.83. The Morgan fingerprint density at radius 1 is 1.05 bits per heavy atom. The first kappa shape index (κ1) is 26.1. The normalized spacial score (nSPS) is 15.9. The molecule has 0 unspecified atom stereocenters. The Morgan fingerprint density at radius 2 is 1.82 bits per heavy atom. The molecule has 5 rings (SSSR count). The molecule has 0 radical (unpaired) electrons. The largest absolute Gasteiger partial charge is 0.328 e. The molecule has 1 fully saturated rings. The summed E-state index contributed by atoms with van der Waals surface area (Å²) in [6, 6.07) is 7.53. The number of likely N-dealkylation sites (tertiary alicyclic amines) is 1. The summed E-state index contributed by atoms with van der Waals surface area (Å²) in [4.78, 5) is 19.8. The van der Waals surface area contributed by atoms with Gasteiger partial charge in [0.25, 0.3) is 0 Å². The highest BCUT2D eigenvalue weighted by Gasteiger charge is 2.24. The van der Waals surface area contributed by atoms with Crippen molar-refractivity contribution < 1.29 is 8.78 Å². The molecule has 0 saturated carbocycles. The number of fused-ring (bicyclic) bond motifs is 1. The highest BCUT2D eigenvalue weighted by atomic mass is 19.1. The zero-order valence-electron chi connectivity index (χ0n) is 22.2. The molecule has 1 atom stereocenters. The van der Waals surface area contributed by atoms with E-state index < -0.39 is 11.6 Å². The summed E-state index contributed by atoms with van der Waals surface area (Å²) >= 11 is 0. The number of pyridine rings is 1. The quantitative estimate of drug-likeness (QED) is 0.324. The minimum atomic E-state index is -0.642. The first-order chi connectivity index (χ1) is 18.2. The lowest BCUT2D eigenvalue weighted by Crippen LogP contribution is -2.41. The van der Waals surface area contributed by atoms with E-state index in [2.05, 4.69) is 37.1 Å². The maximum absolute atomic E-state index is 15.0. The summed E-state index contributed by atoms with van der Waals surface area (Å²) in [6.45, 7) is 9.96. The first-order valence-corrected chi connectivity index (χ1v) is 13.2. The van der Waals surface area contributed by atoms with Gasteiger partial charge in [0.15, 0.2) is 11.6 Å². The van der Waals surface area contributed by atoms with Gasteiger partial charge in [-0.3, -0.25) is 4.90 Å². The van der Waals surface area contributed by atoms with Gasteiger partial charge in [0.2, 0.25) is 5.95 Å². The van der Waals surface area contributed by atoms with Gasteiger partial charge in [0, 0.05) is 43.0 Å². The van der Waals surface area contributed by atoms with Crippen LogP contribution in [0.2, 0.25) is 0 Å². The minimum absolute atomic E-state index is 0.00318. The molecular formula is C28H34F2N8. The van der Waals surface area contributed by atoms with Crippen LogP contribution in [0.1, 0.15) is 63.5 Å². The van der Waals surface area contributed by atoms with Crippen LogP contribution in [-0.4, -0.2) is 48.5 Å². The average molecular weight is 521 g/mol. The average Bonchev–Trinajstić information content (AvgIpc) is 3.24. The van der Waals surface area contributed by atoms with Crippen molar-refractivity contribution in [3.05, 3.63) is 59.7 Å². The maximum Gasteiger partial charge on any atom is 0.229 e. The molecule has 200 valence electrons. The SMILES string of the molecule is CC[C@@H](c1ccc(Nc2ncc(F)c(-c3cc(F)c4nc(C)n(C(C)C)c4c3)n2)nc1)N1CCC(N)CC1. The first-order valence-electron chi connectivity index (χ1n) is 13.2. The number of nitrogens with one attached hydrogen (secondary N) is 1. The fourth-order valence-corrected chi connectivity index (χ4v) is 5.41. The number of hydrogen-bond donors (Lipinski definition) is 2. The summed E-state index contributed by atoms with van der Waals surface area (Å²) in [5.41, 5.74) is 8.38. The topological polar surface area (TPSA) is 97.8 Å². The van der Waals surface area contributed by atoms with Crippen molar-refractivity contribution in [2.75, 3.05) is 18.4 Å². The molecule has 3 aromatic heterocycles. The fraction of sp³-hybridized carbons (Fsp3) is 0.429. The predicted octanol–water partition coefficient (Wildman–Crippen LogP) is 5.67. The van der Waals surface area contributed by atoms with Crippen LogP contribution in [0.25, 0.3) is 22.3 Å². The minimum Gasteiger partial charge on any atom is -0.328 e. The van der Waals surface area contributed by atoms with E-state index in [4.69, 9.17) is 5.73 Å². The van der Waals surface area contributed by atoms with E-state index in [1.165, 1.54) is 6.07 Å². The number of hydrogen-bond acceptors (Lipinski definition) is 7. The summed E-state index contributed by atoms with van der Waals surface area (Å²) in [6.07, 6.45) is 5.92. The van der Waals surface area contributed by atoms with E-state index >= 15 is 0 Å². The molecule has 0 amide bonds. The Kier molecular flexibility index (Phi) is 7.36. The highest BCUT2D eigenvalue weighted by Crippen LogP contribution is 2.31. The second-order valence-electron chi connectivity index (χ2n) is 10.2. The number of rotatable bonds is 7. The molecule has 1 aliphatic rings. The fourth-order valence-electron chi connectivity index (χ4n) is 5.41. The molecule has 1 saturated heterocycles. The molecular weight excluding hydrogens is 486 g/mol. The van der Waals surface area contributed by atoms with E-state index in [0.717, 1.165) is 44.1 Å². The molecule has 1 aliphatic heterocycles. The van der Waals surface area contributed by atoms with Gasteiger partial charge in [-0.25, -0.2) is 28.7 Å². The van der Waals surface area contributed by atoms with Gasteiger partial charge in [-0.2, -0.15) is 0 Å². The summed E-state index contributed by atoms with van der Waals surface area (Å²) < 4.78 is 31.7. The number of anilines is 2. The van der Waals surface area contributed by atoms with Crippen LogP contribution in [0.15, 0.2) is 36.7 Å². The third-order valence-corrected chi connectivity index (χ3v) is 7.27. The second-order valence-corrected chi connectivity index (χ2v) is 10.2. The van der Waals surface area contributed by atoms with Crippen molar-refractivity contribution >= 4 is 22.8 Å². The van der Waals surface area contributed by atoms with Gasteiger partial charge in [0.1, 0.15) is 22.9 Å². The molecule has 1 aromatic carbocycles. The smallest absolute Gasteiger partial charge is 0.229 e. The Labute approximate surface area is 221 Å². The summed E-state index contributed by atoms with van der Waals surface area (Å²) in [7, 11) is 0. The number of nitrogens with two attached hydrogens (primary N) is 1. The van der Waals surface area contributed by atoms with E-state index in [0.29, 0.717) is 22.7 Å². The van der Waals surface area contributed by atoms with E-state index in [-0.39, 0.29) is 35.3 Å². The second kappa shape index (κ2) is 10.7. The standard InChI is InChI=1S/C28H34F2N8/c1-5-23(37-10-8-20(31)9-11-37)18-6-7-25(32-14-18)35-28-33-15-22(30)26(36-28)19-12-21(29)27-24(13-19)38(16(2)3)17(4)34-27/h6-7,12-16,20,23H,5,8-11,31H2,1-4H3,(H,32,33,35,36)/t23-/m0/s1. The van der Waals surface area contributed by atoms with Crippen LogP contribution in [0.5, 0.6) is 0 Å². The molecule has 0 spiro atoms. The Balaban J connectivity index is 1.40. The van der Waals surface area contributed by atoms with Gasteiger partial charge in [-0.05, 0) is 63.8 Å². The third-order valence-electron chi connectivity index (χ3n) is 7.27. The lowest BCUT2D eigenvalue weighted by molar-refractivity contribution is 0.149. The van der Waals surface area contributed by atoms with Crippen molar-refractivity contribution in [2.24, 2.45) is 5.73 Å². The van der Waals surface area contributed by atoms with Crippen molar-refractivity contribution in [3.8, 4) is 11.3 Å². The van der Waals surface area contributed by atoms with Crippen molar-refractivity contribution in [1.82, 2.24) is 29.4 Å². The van der Waals surface area contributed by atoms with Gasteiger partial charge in [-0.1, -0.05) is 13.0 Å². The molecule has 8 nitrogen and oxygen atoms in total. The van der Waals surface area contributed by atoms with Crippen LogP contribution in [-0.2, 0) is 0 Å². The molecule has 38 heavy (non-hydrogen) atoms. The number of benzene rings is 1. The monoisotopic (exact) mass is 520 g/mol. The zero-order valence-corrected chi connectivity index (χ0v) is 22.2. The van der Waals surface area contributed by atoms with E-state index in [1.54, 1.807) is 6.07 Å². The molecule has 0 bridgehead atoms. The van der Waals surface area contributed by atoms with Gasteiger partial charge in [-0.15, -0.1) is 0 Å². The van der Waals surface area contributed by atoms with Crippen LogP contribution < -0.4 is 11.1 Å². The van der Waals surface area contributed by atoms with E-state index in [9.17, 15) is 8.78 Å². The van der Waals surface area contributed by atoms with Gasteiger partial charge in [0.05, 0.1) is 11.7 Å². The molecule has 0 aliphatic carbocycles. The van der Waals surface area contributed by atoms with Crippen molar-refractivity contribution in [1.29, 1.82) is 0 Å². The molecule has 4 heterocycles. The van der Waals surface area contributed by atoms with Crippen LogP contribution in [0, 0.1) is 18.6 Å². The van der Waals surface area contributed by atoms with Gasteiger partial charge >= 0.3 is 0 Å². The Morgan fingerprint density at radius 3 is 2.47 bits per heavy atom. The number of nitrogens with zero attached hydrogens (tertiary/aromatic N) is 6. The predicted molar refractivity (Wildman–Crippen MR) is 145 cm³/mol. The lowest BCUT2D eigenvalue weighted by atomic mass is 9.99. The number of piperidine rings is 1. The third kappa shape index (κ3) is 5.10. The lowest BCUT2D eigenvalue weighted by Gasteiger charge is -2.36. The summed E-state index contributed by atoms with van der Waals surface area (Å²) in [5.74, 6) is 0.243.